The van der Waals surface area contributed by atoms with E-state index in [1.807, 2.05) is 35.4 Å². The van der Waals surface area contributed by atoms with Crippen molar-refractivity contribution in [2.24, 2.45) is 0 Å². The van der Waals surface area contributed by atoms with Gasteiger partial charge in [-0.25, -0.2) is 9.31 Å². The van der Waals surface area contributed by atoms with Crippen LogP contribution >= 0.6 is 0 Å². The maximum atomic E-state index is 13.0. The predicted molar refractivity (Wildman–Crippen MR) is 98.8 cm³/mol. The van der Waals surface area contributed by atoms with E-state index in [1.165, 1.54) is 7.11 Å². The van der Waals surface area contributed by atoms with Gasteiger partial charge in [0.25, 0.3) is 5.91 Å². The Bertz CT molecular complexity index is 1040. The molecule has 0 saturated heterocycles. The highest BCUT2D eigenvalue weighted by atomic mass is 16.5. The van der Waals surface area contributed by atoms with Gasteiger partial charge in [0.2, 0.25) is 0 Å². The van der Waals surface area contributed by atoms with Crippen molar-refractivity contribution < 1.29 is 14.3 Å². The molecule has 0 spiro atoms. The van der Waals surface area contributed by atoms with Crippen LogP contribution in [0.4, 0.5) is 0 Å². The highest BCUT2D eigenvalue weighted by molar-refractivity contribution is 6.00. The van der Waals surface area contributed by atoms with E-state index in [-0.39, 0.29) is 11.9 Å². The minimum absolute atomic E-state index is 0.0334. The number of hydrogen-bond donors (Lipinski definition) is 0. The summed E-state index contributed by atoms with van der Waals surface area (Å²) < 4.78 is 6.54. The van der Waals surface area contributed by atoms with Crippen LogP contribution in [0.25, 0.3) is 5.52 Å². The molecule has 0 aromatic carbocycles. The van der Waals surface area contributed by atoms with Gasteiger partial charge in [-0.3, -0.25) is 9.78 Å². The van der Waals surface area contributed by atoms with Crippen LogP contribution in [0.5, 0.6) is 0 Å². The van der Waals surface area contributed by atoms with Crippen LogP contribution in [0, 0.1) is 6.92 Å². The fourth-order valence-corrected chi connectivity index (χ4v) is 3.53. The number of esters is 1. The number of pyridine rings is 2. The highest BCUT2D eigenvalue weighted by Crippen LogP contribution is 2.21. The first-order valence-corrected chi connectivity index (χ1v) is 8.88. The van der Waals surface area contributed by atoms with Crippen molar-refractivity contribution >= 4 is 17.4 Å². The quantitative estimate of drug-likeness (QED) is 0.651. The number of fused-ring (bicyclic) bond motifs is 2. The Balaban J connectivity index is 1.59. The van der Waals surface area contributed by atoms with Gasteiger partial charge in [-0.2, -0.15) is 5.10 Å². The second-order valence-electron chi connectivity index (χ2n) is 6.60. The van der Waals surface area contributed by atoms with Crippen molar-refractivity contribution in [2.45, 2.75) is 19.8 Å². The van der Waals surface area contributed by atoms with Crippen molar-refractivity contribution in [1.82, 2.24) is 19.5 Å². The SMILES string of the molecule is COC(=O)c1cc2c(nc1C)CCN(C(=O)c1cnn3ccccc13)CC2. The first kappa shape index (κ1) is 17.2. The Labute approximate surface area is 156 Å². The monoisotopic (exact) mass is 364 g/mol. The minimum atomic E-state index is -0.383. The first-order valence-electron chi connectivity index (χ1n) is 8.88. The molecule has 27 heavy (non-hydrogen) atoms. The topological polar surface area (TPSA) is 76.8 Å². The summed E-state index contributed by atoms with van der Waals surface area (Å²) in [5.74, 6) is -0.416. The molecule has 0 radical (unpaired) electrons. The van der Waals surface area contributed by atoms with Crippen LogP contribution in [0.15, 0.2) is 36.7 Å². The molecule has 0 unspecified atom stereocenters. The third-order valence-corrected chi connectivity index (χ3v) is 5.00. The first-order chi connectivity index (χ1) is 13.1. The Morgan fingerprint density at radius 1 is 1.15 bits per heavy atom. The van der Waals surface area contributed by atoms with E-state index in [0.717, 1.165) is 16.8 Å². The van der Waals surface area contributed by atoms with Gasteiger partial charge in [0.1, 0.15) is 0 Å². The molecule has 1 aliphatic rings. The molecule has 0 N–H and O–H groups in total. The van der Waals surface area contributed by atoms with Crippen molar-refractivity contribution in [3.63, 3.8) is 0 Å². The largest absolute Gasteiger partial charge is 0.465 e. The van der Waals surface area contributed by atoms with Gasteiger partial charge in [0.05, 0.1) is 35.6 Å². The number of hydrogen-bond acceptors (Lipinski definition) is 5. The Morgan fingerprint density at radius 3 is 2.78 bits per heavy atom. The van der Waals surface area contributed by atoms with Gasteiger partial charge in [-0.05, 0) is 37.1 Å². The van der Waals surface area contributed by atoms with Crippen molar-refractivity contribution in [1.29, 1.82) is 0 Å². The van der Waals surface area contributed by atoms with Crippen LogP contribution in [0.3, 0.4) is 0 Å². The van der Waals surface area contributed by atoms with Crippen LogP contribution in [-0.4, -0.2) is 51.6 Å². The average Bonchev–Trinajstić information content (AvgIpc) is 3.01. The van der Waals surface area contributed by atoms with Gasteiger partial charge in [0, 0.05) is 31.4 Å². The zero-order chi connectivity index (χ0) is 19.0. The lowest BCUT2D eigenvalue weighted by atomic mass is 10.0. The molecule has 1 aliphatic heterocycles. The molecule has 3 aromatic heterocycles. The average molecular weight is 364 g/mol. The van der Waals surface area contributed by atoms with Gasteiger partial charge in [0.15, 0.2) is 0 Å². The van der Waals surface area contributed by atoms with Gasteiger partial charge < -0.3 is 9.64 Å². The molecular formula is C20H20N4O3. The third kappa shape index (κ3) is 3.05. The normalized spacial score (nSPS) is 13.9. The lowest BCUT2D eigenvalue weighted by Gasteiger charge is -2.19. The minimum Gasteiger partial charge on any atom is -0.465 e. The zero-order valence-corrected chi connectivity index (χ0v) is 15.3. The van der Waals surface area contributed by atoms with E-state index in [9.17, 15) is 9.59 Å². The van der Waals surface area contributed by atoms with E-state index in [0.29, 0.717) is 42.8 Å². The number of aryl methyl sites for hydroxylation is 1. The standard InChI is InChI=1S/C20H20N4O3/c1-13-15(20(26)27-2)11-14-6-9-23(10-7-17(14)22-13)19(25)16-12-21-24-8-4-3-5-18(16)24/h3-5,8,11-12H,6-7,9-10H2,1-2H3. The smallest absolute Gasteiger partial charge is 0.339 e. The van der Waals surface area contributed by atoms with E-state index < -0.39 is 0 Å². The van der Waals surface area contributed by atoms with Crippen LogP contribution < -0.4 is 0 Å². The number of nitrogens with zero attached hydrogens (tertiary/aromatic N) is 4. The summed E-state index contributed by atoms with van der Waals surface area (Å²) in [5, 5.41) is 4.25. The number of carbonyl (C=O) groups is 2. The summed E-state index contributed by atoms with van der Waals surface area (Å²) in [6.07, 6.45) is 4.75. The number of aromatic nitrogens is 3. The molecule has 7 nitrogen and oxygen atoms in total. The molecule has 0 bridgehead atoms. The molecule has 0 saturated carbocycles. The Morgan fingerprint density at radius 2 is 1.96 bits per heavy atom. The summed E-state index contributed by atoms with van der Waals surface area (Å²) in [7, 11) is 1.37. The molecule has 1 amide bonds. The number of amides is 1. The highest BCUT2D eigenvalue weighted by Gasteiger charge is 2.24. The number of ether oxygens (including phenoxy) is 1. The van der Waals surface area contributed by atoms with Crippen LogP contribution in [-0.2, 0) is 17.6 Å². The Kier molecular flexibility index (Phi) is 4.35. The summed E-state index contributed by atoms with van der Waals surface area (Å²) in [6, 6.07) is 7.52. The zero-order valence-electron chi connectivity index (χ0n) is 15.3. The van der Waals surface area contributed by atoms with E-state index in [2.05, 4.69) is 10.1 Å². The second kappa shape index (κ2) is 6.83. The summed E-state index contributed by atoms with van der Waals surface area (Å²) in [6.45, 7) is 2.96. The van der Waals surface area contributed by atoms with Gasteiger partial charge in [-0.1, -0.05) is 6.07 Å². The van der Waals surface area contributed by atoms with E-state index in [1.54, 1.807) is 17.6 Å². The summed E-state index contributed by atoms with van der Waals surface area (Å²) in [5.41, 5.74) is 4.47. The molecule has 7 heteroatoms. The second-order valence-corrected chi connectivity index (χ2v) is 6.60. The molecule has 4 rings (SSSR count). The maximum absolute atomic E-state index is 13.0. The van der Waals surface area contributed by atoms with Crippen molar-refractivity contribution in [3.05, 3.63) is 64.7 Å². The molecule has 0 atom stereocenters. The van der Waals surface area contributed by atoms with Gasteiger partial charge >= 0.3 is 5.97 Å². The molecular weight excluding hydrogens is 344 g/mol. The molecule has 4 heterocycles. The summed E-state index contributed by atoms with van der Waals surface area (Å²) in [4.78, 5) is 31.4. The fraction of sp³-hybridized carbons (Fsp3) is 0.300. The molecule has 3 aromatic rings. The van der Waals surface area contributed by atoms with Gasteiger partial charge in [-0.15, -0.1) is 0 Å². The van der Waals surface area contributed by atoms with E-state index in [4.69, 9.17) is 4.74 Å². The number of carbonyl (C=O) groups excluding carboxylic acids is 2. The lowest BCUT2D eigenvalue weighted by molar-refractivity contribution is 0.0598. The predicted octanol–water partition coefficient (Wildman–Crippen LogP) is 2.07. The summed E-state index contributed by atoms with van der Waals surface area (Å²) >= 11 is 0. The Hall–Kier alpha value is -3.22. The molecule has 0 fully saturated rings. The molecule has 0 aliphatic carbocycles. The van der Waals surface area contributed by atoms with Crippen molar-refractivity contribution in [3.8, 4) is 0 Å². The number of rotatable bonds is 2. The van der Waals surface area contributed by atoms with E-state index >= 15 is 0 Å². The lowest BCUT2D eigenvalue weighted by Crippen LogP contribution is -2.33. The van der Waals surface area contributed by atoms with Crippen molar-refractivity contribution in [2.75, 3.05) is 20.2 Å². The van der Waals surface area contributed by atoms with Crippen LogP contribution in [0.2, 0.25) is 0 Å². The third-order valence-electron chi connectivity index (χ3n) is 5.00. The maximum Gasteiger partial charge on any atom is 0.339 e. The van der Waals surface area contributed by atoms with Crippen LogP contribution in [0.1, 0.15) is 37.7 Å². The fourth-order valence-electron chi connectivity index (χ4n) is 3.53. The number of methoxy groups -OCH3 is 1. The molecule has 138 valence electrons.